The quantitative estimate of drug-likeness (QED) is 0.508. The fourth-order valence-electron chi connectivity index (χ4n) is 2.21. The Kier molecular flexibility index (Phi) is 6.91. The Morgan fingerprint density at radius 2 is 1.96 bits per heavy atom. The molecule has 0 fully saturated rings. The Bertz CT molecular complexity index is 588. The fourth-order valence-corrected chi connectivity index (χ4v) is 2.21. The van der Waals surface area contributed by atoms with Gasteiger partial charge in [0.05, 0.1) is 13.2 Å². The van der Waals surface area contributed by atoms with E-state index in [1.54, 1.807) is 6.92 Å². The normalized spacial score (nSPS) is 22.5. The number of hydrogen-bond donors (Lipinski definition) is 2. The molecule has 0 spiro atoms. The summed E-state index contributed by atoms with van der Waals surface area (Å²) in [4.78, 5) is 35.1. The van der Waals surface area contributed by atoms with Gasteiger partial charge in [-0.15, -0.1) is 0 Å². The zero-order valence-electron chi connectivity index (χ0n) is 13.8. The van der Waals surface area contributed by atoms with E-state index >= 15 is 0 Å². The lowest BCUT2D eigenvalue weighted by molar-refractivity contribution is -0.169. The predicted octanol–water partition coefficient (Wildman–Crippen LogP) is 1.38. The number of carboxylic acids is 1. The molecule has 1 rings (SSSR count). The van der Waals surface area contributed by atoms with E-state index in [1.165, 1.54) is 25.2 Å². The molecule has 0 radical (unpaired) electrons. The summed E-state index contributed by atoms with van der Waals surface area (Å²) in [6, 6.07) is 0. The first-order valence-electron chi connectivity index (χ1n) is 7.58. The highest BCUT2D eigenvalue weighted by Gasteiger charge is 2.51. The van der Waals surface area contributed by atoms with Gasteiger partial charge in [-0.05, 0) is 18.9 Å². The van der Waals surface area contributed by atoms with Crippen LogP contribution in [0.15, 0.2) is 36.0 Å². The van der Waals surface area contributed by atoms with E-state index in [0.717, 1.165) is 0 Å². The summed E-state index contributed by atoms with van der Waals surface area (Å²) in [5.41, 5.74) is -2.16. The van der Waals surface area contributed by atoms with Crippen molar-refractivity contribution in [1.82, 2.24) is 0 Å². The second kappa shape index (κ2) is 8.44. The largest absolute Gasteiger partial charge is 0.479 e. The molecular weight excluding hydrogens is 316 g/mol. The molecule has 132 valence electrons. The molecule has 0 heterocycles. The standard InChI is InChI=1S/C17H22O7/c1-4-9-23-15(19)13-7-5-6-12(17(13,22)16(20)21)8-10-24-14(18)11(2)3/h5-7,13,22H,2,4,8-10H2,1,3H3,(H,20,21). The topological polar surface area (TPSA) is 110 Å². The molecule has 0 aromatic heterocycles. The van der Waals surface area contributed by atoms with Gasteiger partial charge in [0.2, 0.25) is 5.60 Å². The van der Waals surface area contributed by atoms with Crippen LogP contribution in [0.5, 0.6) is 0 Å². The highest BCUT2D eigenvalue weighted by molar-refractivity contribution is 5.91. The smallest absolute Gasteiger partial charge is 0.341 e. The van der Waals surface area contributed by atoms with E-state index in [-0.39, 0.29) is 30.8 Å². The van der Waals surface area contributed by atoms with Crippen molar-refractivity contribution >= 4 is 17.9 Å². The molecule has 7 heteroatoms. The minimum absolute atomic E-state index is 0.0380. The number of carboxylic acid groups (broad SMARTS) is 1. The maximum absolute atomic E-state index is 12.1. The molecule has 0 amide bonds. The fraction of sp³-hybridized carbons (Fsp3) is 0.471. The molecule has 0 bridgehead atoms. The number of aliphatic carboxylic acids is 1. The molecule has 24 heavy (non-hydrogen) atoms. The summed E-state index contributed by atoms with van der Waals surface area (Å²) >= 11 is 0. The third kappa shape index (κ3) is 4.32. The van der Waals surface area contributed by atoms with Gasteiger partial charge in [0.25, 0.3) is 0 Å². The van der Waals surface area contributed by atoms with E-state index in [4.69, 9.17) is 9.47 Å². The van der Waals surface area contributed by atoms with Crippen molar-refractivity contribution in [2.75, 3.05) is 13.2 Å². The molecule has 0 aliphatic heterocycles. The first kappa shape index (κ1) is 19.6. The van der Waals surface area contributed by atoms with Gasteiger partial charge >= 0.3 is 17.9 Å². The Labute approximate surface area is 140 Å². The summed E-state index contributed by atoms with van der Waals surface area (Å²) in [5.74, 6) is -4.36. The second-order valence-electron chi connectivity index (χ2n) is 5.46. The van der Waals surface area contributed by atoms with Crippen LogP contribution < -0.4 is 0 Å². The molecule has 0 aromatic rings. The molecule has 2 N–H and O–H groups in total. The number of allylic oxidation sites excluding steroid dienone is 2. The van der Waals surface area contributed by atoms with Gasteiger partial charge in [0.15, 0.2) is 0 Å². The van der Waals surface area contributed by atoms with Gasteiger partial charge in [0, 0.05) is 12.0 Å². The lowest BCUT2D eigenvalue weighted by Crippen LogP contribution is -2.51. The highest BCUT2D eigenvalue weighted by Crippen LogP contribution is 2.34. The van der Waals surface area contributed by atoms with Crippen LogP contribution in [0.2, 0.25) is 0 Å². The Morgan fingerprint density at radius 3 is 2.50 bits per heavy atom. The Balaban J connectivity index is 2.90. The van der Waals surface area contributed by atoms with Gasteiger partial charge in [-0.3, -0.25) is 4.79 Å². The number of rotatable bonds is 8. The number of aliphatic hydroxyl groups is 1. The number of ether oxygens (including phenoxy) is 2. The molecule has 0 saturated carbocycles. The Hall–Kier alpha value is -2.41. The monoisotopic (exact) mass is 338 g/mol. The van der Waals surface area contributed by atoms with Crippen molar-refractivity contribution in [3.8, 4) is 0 Å². The van der Waals surface area contributed by atoms with Gasteiger partial charge in [-0.2, -0.15) is 0 Å². The van der Waals surface area contributed by atoms with Crippen LogP contribution in [0.3, 0.4) is 0 Å². The summed E-state index contributed by atoms with van der Waals surface area (Å²) in [5, 5.41) is 20.1. The zero-order chi connectivity index (χ0) is 18.3. The van der Waals surface area contributed by atoms with Crippen molar-refractivity contribution in [2.24, 2.45) is 5.92 Å². The van der Waals surface area contributed by atoms with Crippen molar-refractivity contribution < 1.29 is 34.1 Å². The molecule has 7 nitrogen and oxygen atoms in total. The lowest BCUT2D eigenvalue weighted by atomic mass is 9.76. The number of carbonyl (C=O) groups is 3. The third-order valence-corrected chi connectivity index (χ3v) is 3.52. The van der Waals surface area contributed by atoms with Gasteiger partial charge < -0.3 is 19.7 Å². The van der Waals surface area contributed by atoms with Crippen LogP contribution in [0.25, 0.3) is 0 Å². The minimum atomic E-state index is -2.44. The van der Waals surface area contributed by atoms with Crippen LogP contribution in [0, 0.1) is 5.92 Å². The average molecular weight is 338 g/mol. The number of carbonyl (C=O) groups excluding carboxylic acids is 2. The van der Waals surface area contributed by atoms with Crippen molar-refractivity contribution in [3.05, 3.63) is 36.0 Å². The molecule has 2 atom stereocenters. The molecule has 2 unspecified atom stereocenters. The SMILES string of the molecule is C=C(C)C(=O)OCCC1=CC=CC(C(=O)OCCC)C1(O)C(=O)O. The van der Waals surface area contributed by atoms with Crippen LogP contribution in [-0.2, 0) is 23.9 Å². The third-order valence-electron chi connectivity index (χ3n) is 3.52. The second-order valence-corrected chi connectivity index (χ2v) is 5.46. The van der Waals surface area contributed by atoms with Crippen LogP contribution in [0.4, 0.5) is 0 Å². The van der Waals surface area contributed by atoms with Gasteiger partial charge in [0.1, 0.15) is 5.92 Å². The first-order valence-corrected chi connectivity index (χ1v) is 7.58. The van der Waals surface area contributed by atoms with Crippen LogP contribution in [-0.4, -0.2) is 46.9 Å². The minimum Gasteiger partial charge on any atom is -0.479 e. The average Bonchev–Trinajstić information content (AvgIpc) is 2.53. The Morgan fingerprint density at radius 1 is 1.29 bits per heavy atom. The van der Waals surface area contributed by atoms with Gasteiger partial charge in [-0.25, -0.2) is 9.59 Å². The van der Waals surface area contributed by atoms with Crippen LogP contribution in [0.1, 0.15) is 26.7 Å². The summed E-state index contributed by atoms with van der Waals surface area (Å²) in [7, 11) is 0. The van der Waals surface area contributed by atoms with E-state index in [1.807, 2.05) is 0 Å². The summed E-state index contributed by atoms with van der Waals surface area (Å²) < 4.78 is 9.88. The van der Waals surface area contributed by atoms with Crippen molar-refractivity contribution in [1.29, 1.82) is 0 Å². The number of hydrogen-bond acceptors (Lipinski definition) is 6. The maximum atomic E-state index is 12.1. The van der Waals surface area contributed by atoms with E-state index < -0.39 is 29.4 Å². The lowest BCUT2D eigenvalue weighted by Gasteiger charge is -2.33. The summed E-state index contributed by atoms with van der Waals surface area (Å²) in [6.07, 6.45) is 4.70. The van der Waals surface area contributed by atoms with E-state index in [9.17, 15) is 24.6 Å². The molecule has 0 saturated heterocycles. The molecule has 0 aromatic carbocycles. The summed E-state index contributed by atoms with van der Waals surface area (Å²) in [6.45, 7) is 6.71. The van der Waals surface area contributed by atoms with E-state index in [2.05, 4.69) is 6.58 Å². The molecular formula is C17H22O7. The van der Waals surface area contributed by atoms with Gasteiger partial charge in [-0.1, -0.05) is 31.7 Å². The van der Waals surface area contributed by atoms with Crippen molar-refractivity contribution in [3.63, 3.8) is 0 Å². The number of esters is 2. The predicted molar refractivity (Wildman–Crippen MR) is 84.9 cm³/mol. The van der Waals surface area contributed by atoms with Crippen molar-refractivity contribution in [2.45, 2.75) is 32.3 Å². The highest BCUT2D eigenvalue weighted by atomic mass is 16.5. The van der Waals surface area contributed by atoms with Crippen LogP contribution >= 0.6 is 0 Å². The molecule has 1 aliphatic rings. The molecule has 1 aliphatic carbocycles. The zero-order valence-corrected chi connectivity index (χ0v) is 13.8. The first-order chi connectivity index (χ1) is 11.2. The van der Waals surface area contributed by atoms with E-state index in [0.29, 0.717) is 6.42 Å². The maximum Gasteiger partial charge on any atom is 0.341 e.